The summed E-state index contributed by atoms with van der Waals surface area (Å²) in [5.41, 5.74) is 2.35. The van der Waals surface area contributed by atoms with Crippen LogP contribution < -0.4 is 15.4 Å². The number of thiazole rings is 1. The summed E-state index contributed by atoms with van der Waals surface area (Å²) in [6.07, 6.45) is 0. The monoisotopic (exact) mass is 407 g/mol. The summed E-state index contributed by atoms with van der Waals surface area (Å²) in [5, 5.41) is 8.91. The van der Waals surface area contributed by atoms with E-state index in [4.69, 9.17) is 27.9 Å². The van der Waals surface area contributed by atoms with Crippen LogP contribution in [0.4, 0.5) is 9.93 Å². The molecular formula is C18H15Cl2N3O2S. The van der Waals surface area contributed by atoms with Crippen molar-refractivity contribution in [1.82, 2.24) is 10.3 Å². The van der Waals surface area contributed by atoms with E-state index >= 15 is 0 Å². The first kappa shape index (κ1) is 18.5. The molecule has 0 saturated heterocycles. The predicted molar refractivity (Wildman–Crippen MR) is 106 cm³/mol. The molecule has 0 fully saturated rings. The SMILES string of the molecule is COc1ccc(CNC(=O)Nc2nc(-c3cc(Cl)ccc3Cl)cs2)cc1. The lowest BCUT2D eigenvalue weighted by Gasteiger charge is -2.06. The summed E-state index contributed by atoms with van der Waals surface area (Å²) in [4.78, 5) is 16.4. The number of ether oxygens (including phenoxy) is 1. The van der Waals surface area contributed by atoms with Gasteiger partial charge in [0.25, 0.3) is 0 Å². The maximum Gasteiger partial charge on any atom is 0.321 e. The normalized spacial score (nSPS) is 10.4. The van der Waals surface area contributed by atoms with Crippen molar-refractivity contribution in [2.45, 2.75) is 6.54 Å². The second-order valence-electron chi connectivity index (χ2n) is 5.32. The summed E-state index contributed by atoms with van der Waals surface area (Å²) in [7, 11) is 1.61. The Labute approximate surface area is 164 Å². The quantitative estimate of drug-likeness (QED) is 0.590. The molecule has 0 bridgehead atoms. The molecule has 134 valence electrons. The summed E-state index contributed by atoms with van der Waals surface area (Å²) in [6.45, 7) is 0.397. The Morgan fingerprint density at radius 1 is 1.19 bits per heavy atom. The van der Waals surface area contributed by atoms with Gasteiger partial charge in [0.1, 0.15) is 5.75 Å². The third-order valence-electron chi connectivity index (χ3n) is 3.54. The fraction of sp³-hybridized carbons (Fsp3) is 0.111. The number of benzene rings is 2. The Kier molecular flexibility index (Phi) is 5.98. The first-order valence-electron chi connectivity index (χ1n) is 7.64. The minimum Gasteiger partial charge on any atom is -0.497 e. The highest BCUT2D eigenvalue weighted by Gasteiger charge is 2.11. The zero-order valence-corrected chi connectivity index (χ0v) is 16.1. The van der Waals surface area contributed by atoms with Crippen LogP contribution in [0.15, 0.2) is 47.8 Å². The largest absolute Gasteiger partial charge is 0.497 e. The van der Waals surface area contributed by atoms with E-state index in [1.165, 1.54) is 11.3 Å². The summed E-state index contributed by atoms with van der Waals surface area (Å²) in [5.74, 6) is 0.771. The molecular weight excluding hydrogens is 393 g/mol. The Bertz CT molecular complexity index is 913. The molecule has 2 amide bonds. The van der Waals surface area contributed by atoms with E-state index in [2.05, 4.69) is 15.6 Å². The lowest BCUT2D eigenvalue weighted by molar-refractivity contribution is 0.251. The molecule has 0 aliphatic carbocycles. The molecule has 1 aromatic heterocycles. The van der Waals surface area contributed by atoms with Crippen molar-refractivity contribution in [3.63, 3.8) is 0 Å². The average molecular weight is 408 g/mol. The molecule has 8 heteroatoms. The standard InChI is InChI=1S/C18H15Cl2N3O2S/c1-25-13-5-2-11(3-6-13)9-21-17(24)23-18-22-16(10-26-18)14-8-12(19)4-7-15(14)20/h2-8,10H,9H2,1H3,(H2,21,22,23,24). The van der Waals surface area contributed by atoms with Crippen molar-refractivity contribution in [3.05, 3.63) is 63.5 Å². The van der Waals surface area contributed by atoms with Gasteiger partial charge in [0.15, 0.2) is 5.13 Å². The maximum absolute atomic E-state index is 12.0. The van der Waals surface area contributed by atoms with Gasteiger partial charge in [-0.3, -0.25) is 5.32 Å². The van der Waals surface area contributed by atoms with Gasteiger partial charge >= 0.3 is 6.03 Å². The first-order chi connectivity index (χ1) is 12.5. The zero-order chi connectivity index (χ0) is 18.5. The van der Waals surface area contributed by atoms with E-state index in [1.807, 2.05) is 29.6 Å². The number of urea groups is 1. The number of aromatic nitrogens is 1. The molecule has 0 atom stereocenters. The molecule has 3 aromatic rings. The molecule has 5 nitrogen and oxygen atoms in total. The van der Waals surface area contributed by atoms with Crippen LogP contribution in [0, 0.1) is 0 Å². The fourth-order valence-electron chi connectivity index (χ4n) is 2.22. The number of hydrogen-bond donors (Lipinski definition) is 2. The van der Waals surface area contributed by atoms with Gasteiger partial charge < -0.3 is 10.1 Å². The summed E-state index contributed by atoms with van der Waals surface area (Å²) in [6, 6.07) is 12.3. The van der Waals surface area contributed by atoms with E-state index in [1.54, 1.807) is 25.3 Å². The number of carbonyl (C=O) groups is 1. The second-order valence-corrected chi connectivity index (χ2v) is 7.02. The van der Waals surface area contributed by atoms with E-state index < -0.39 is 0 Å². The van der Waals surface area contributed by atoms with Crippen LogP contribution in [0.25, 0.3) is 11.3 Å². The number of rotatable bonds is 5. The summed E-state index contributed by atoms with van der Waals surface area (Å²) >= 11 is 13.5. The molecule has 2 aromatic carbocycles. The lowest BCUT2D eigenvalue weighted by Crippen LogP contribution is -2.28. The van der Waals surface area contributed by atoms with Crippen molar-refractivity contribution in [2.75, 3.05) is 12.4 Å². The maximum atomic E-state index is 12.0. The van der Waals surface area contributed by atoms with Crippen LogP contribution in [0.5, 0.6) is 5.75 Å². The third-order valence-corrected chi connectivity index (χ3v) is 4.86. The number of carbonyl (C=O) groups excluding carboxylic acids is 1. The molecule has 0 saturated carbocycles. The summed E-state index contributed by atoms with van der Waals surface area (Å²) < 4.78 is 5.10. The van der Waals surface area contributed by atoms with Crippen molar-refractivity contribution < 1.29 is 9.53 Å². The van der Waals surface area contributed by atoms with Gasteiger partial charge in [-0.2, -0.15) is 0 Å². The Hall–Kier alpha value is -2.28. The first-order valence-corrected chi connectivity index (χ1v) is 9.27. The number of nitrogens with zero attached hydrogens (tertiary/aromatic N) is 1. The molecule has 26 heavy (non-hydrogen) atoms. The van der Waals surface area contributed by atoms with Gasteiger partial charge in [-0.05, 0) is 35.9 Å². The van der Waals surface area contributed by atoms with Gasteiger partial charge in [-0.15, -0.1) is 11.3 Å². The van der Waals surface area contributed by atoms with E-state index in [0.29, 0.717) is 27.4 Å². The van der Waals surface area contributed by atoms with Crippen LogP contribution in [0.1, 0.15) is 5.56 Å². The highest BCUT2D eigenvalue weighted by atomic mass is 35.5. The second kappa shape index (κ2) is 8.40. The Morgan fingerprint density at radius 3 is 2.69 bits per heavy atom. The van der Waals surface area contributed by atoms with Gasteiger partial charge in [-0.1, -0.05) is 35.3 Å². The van der Waals surface area contributed by atoms with E-state index in [-0.39, 0.29) is 6.03 Å². The zero-order valence-electron chi connectivity index (χ0n) is 13.8. The van der Waals surface area contributed by atoms with Crippen molar-refractivity contribution in [1.29, 1.82) is 0 Å². The van der Waals surface area contributed by atoms with Crippen molar-refractivity contribution in [3.8, 4) is 17.0 Å². The van der Waals surface area contributed by atoms with Crippen LogP contribution in [-0.4, -0.2) is 18.1 Å². The predicted octanol–water partition coefficient (Wildman–Crippen LogP) is 5.45. The average Bonchev–Trinajstić information content (AvgIpc) is 3.10. The number of hydrogen-bond acceptors (Lipinski definition) is 4. The van der Waals surface area contributed by atoms with Gasteiger partial charge in [0, 0.05) is 22.5 Å². The smallest absolute Gasteiger partial charge is 0.321 e. The van der Waals surface area contributed by atoms with Crippen LogP contribution in [0.2, 0.25) is 10.0 Å². The van der Waals surface area contributed by atoms with Gasteiger partial charge in [0.2, 0.25) is 0 Å². The molecule has 0 unspecified atom stereocenters. The lowest BCUT2D eigenvalue weighted by atomic mass is 10.2. The molecule has 2 N–H and O–H groups in total. The molecule has 3 rings (SSSR count). The van der Waals surface area contributed by atoms with E-state index in [9.17, 15) is 4.79 Å². The van der Waals surface area contributed by atoms with Crippen molar-refractivity contribution >= 4 is 45.7 Å². The number of halogens is 2. The van der Waals surface area contributed by atoms with E-state index in [0.717, 1.165) is 16.9 Å². The fourth-order valence-corrected chi connectivity index (χ4v) is 3.31. The van der Waals surface area contributed by atoms with Crippen LogP contribution >= 0.6 is 34.5 Å². The number of amides is 2. The number of anilines is 1. The molecule has 0 spiro atoms. The highest BCUT2D eigenvalue weighted by Crippen LogP contribution is 2.32. The Balaban J connectivity index is 1.59. The van der Waals surface area contributed by atoms with Gasteiger partial charge in [0.05, 0.1) is 17.8 Å². The molecule has 0 aliphatic rings. The van der Waals surface area contributed by atoms with Crippen LogP contribution in [-0.2, 0) is 6.54 Å². The van der Waals surface area contributed by atoms with Crippen LogP contribution in [0.3, 0.4) is 0 Å². The highest BCUT2D eigenvalue weighted by molar-refractivity contribution is 7.14. The van der Waals surface area contributed by atoms with Crippen molar-refractivity contribution in [2.24, 2.45) is 0 Å². The molecule has 0 aliphatic heterocycles. The third kappa shape index (κ3) is 4.66. The topological polar surface area (TPSA) is 63.2 Å². The number of nitrogens with one attached hydrogen (secondary N) is 2. The number of methoxy groups -OCH3 is 1. The molecule has 1 heterocycles. The minimum absolute atomic E-state index is 0.334. The van der Waals surface area contributed by atoms with Gasteiger partial charge in [-0.25, -0.2) is 9.78 Å². The minimum atomic E-state index is -0.334. The Morgan fingerprint density at radius 2 is 1.96 bits per heavy atom. The molecule has 0 radical (unpaired) electrons.